The van der Waals surface area contributed by atoms with Gasteiger partial charge in [0.25, 0.3) is 0 Å². The lowest BCUT2D eigenvalue weighted by Crippen LogP contribution is -2.01. The first-order chi connectivity index (χ1) is 4.77. The molecule has 10 heavy (non-hydrogen) atoms. The fourth-order valence-electron chi connectivity index (χ4n) is 0.892. The van der Waals surface area contributed by atoms with Crippen LogP contribution in [0.15, 0.2) is 0 Å². The summed E-state index contributed by atoms with van der Waals surface area (Å²) in [7, 11) is 0. The van der Waals surface area contributed by atoms with Crippen molar-refractivity contribution in [3.8, 4) is 0 Å². The number of unbranched alkanes of at least 4 members (excludes halogenated alkanes) is 4. The van der Waals surface area contributed by atoms with Crippen LogP contribution in [0.25, 0.3) is 0 Å². The van der Waals surface area contributed by atoms with E-state index in [1.165, 1.54) is 25.7 Å². The minimum absolute atomic E-state index is 0.587. The largest absolute Gasteiger partial charge is 0.624 e. The molecule has 0 fully saturated rings. The second-order valence-corrected chi connectivity index (χ2v) is 2.62. The van der Waals surface area contributed by atoms with Gasteiger partial charge in [0.2, 0.25) is 0 Å². The summed E-state index contributed by atoms with van der Waals surface area (Å²) >= 11 is 0. The molecule has 0 heterocycles. The third-order valence-corrected chi connectivity index (χ3v) is 1.51. The lowest BCUT2D eigenvalue weighted by Gasteiger charge is -2.00. The molecule has 0 amide bonds. The van der Waals surface area contributed by atoms with Crippen molar-refractivity contribution in [3.05, 3.63) is 5.21 Å². The molecular weight excluding hydrogens is 126 g/mol. The van der Waals surface area contributed by atoms with E-state index in [1.807, 2.05) is 0 Å². The Bertz CT molecular complexity index is 91.3. The average Bonchev–Trinajstić information content (AvgIpc) is 1.87. The summed E-state index contributed by atoms with van der Waals surface area (Å²) in [5.41, 5.74) is 0. The molecule has 0 aromatic heterocycles. The number of hydroxylamine groups is 1. The summed E-state index contributed by atoms with van der Waals surface area (Å²) in [6.45, 7) is 6.00. The molecular formula is C8H17NO. The Kier molecular flexibility index (Phi) is 6.24. The van der Waals surface area contributed by atoms with Gasteiger partial charge in [-0.25, -0.2) is 4.74 Å². The van der Waals surface area contributed by atoms with E-state index in [-0.39, 0.29) is 0 Å². The molecule has 0 atom stereocenters. The van der Waals surface area contributed by atoms with Crippen LogP contribution in [0.5, 0.6) is 0 Å². The van der Waals surface area contributed by atoms with Crippen molar-refractivity contribution in [2.24, 2.45) is 0 Å². The third kappa shape index (κ3) is 7.47. The number of rotatable bonds is 6. The van der Waals surface area contributed by atoms with Crippen molar-refractivity contribution >= 4 is 6.72 Å². The maximum absolute atomic E-state index is 10.3. The molecule has 0 radical (unpaired) electrons. The smallest absolute Gasteiger partial charge is 0.152 e. The van der Waals surface area contributed by atoms with E-state index in [1.54, 1.807) is 0 Å². The van der Waals surface area contributed by atoms with E-state index < -0.39 is 0 Å². The Morgan fingerprint density at radius 1 is 1.20 bits per heavy atom. The molecule has 2 nitrogen and oxygen atoms in total. The highest BCUT2D eigenvalue weighted by atomic mass is 16.5. The monoisotopic (exact) mass is 143 g/mol. The molecule has 0 aliphatic rings. The van der Waals surface area contributed by atoms with Gasteiger partial charge < -0.3 is 5.21 Å². The predicted molar refractivity (Wildman–Crippen MR) is 44.4 cm³/mol. The van der Waals surface area contributed by atoms with Crippen molar-refractivity contribution in [2.45, 2.75) is 39.0 Å². The summed E-state index contributed by atoms with van der Waals surface area (Å²) in [6, 6.07) is 0. The van der Waals surface area contributed by atoms with Crippen LogP contribution in [0.4, 0.5) is 0 Å². The Morgan fingerprint density at radius 2 is 1.80 bits per heavy atom. The molecule has 0 rings (SSSR count). The topological polar surface area (TPSA) is 26.1 Å². The Labute approximate surface area is 63.1 Å². The summed E-state index contributed by atoms with van der Waals surface area (Å²) < 4.78 is 0.756. The van der Waals surface area contributed by atoms with Crippen molar-refractivity contribution in [1.82, 2.24) is 0 Å². The third-order valence-electron chi connectivity index (χ3n) is 1.51. The standard InChI is InChI=1S/C8H17NO/c1-3-4-5-6-7-8-9(2)10/h2-8H2,1H3. The van der Waals surface area contributed by atoms with Gasteiger partial charge in [0.15, 0.2) is 6.54 Å². The van der Waals surface area contributed by atoms with Gasteiger partial charge in [0.05, 0.1) is 0 Å². The molecule has 0 saturated carbocycles. The van der Waals surface area contributed by atoms with Gasteiger partial charge in [-0.1, -0.05) is 26.2 Å². The van der Waals surface area contributed by atoms with Crippen LogP contribution in [-0.4, -0.2) is 18.0 Å². The fraction of sp³-hybridized carbons (Fsp3) is 0.875. The van der Waals surface area contributed by atoms with Crippen LogP contribution in [-0.2, 0) is 0 Å². The van der Waals surface area contributed by atoms with Gasteiger partial charge in [-0.15, -0.1) is 0 Å². The van der Waals surface area contributed by atoms with Gasteiger partial charge >= 0.3 is 0 Å². The molecule has 0 aliphatic heterocycles. The molecule has 60 valence electrons. The maximum Gasteiger partial charge on any atom is 0.152 e. The van der Waals surface area contributed by atoms with Gasteiger partial charge in [0.1, 0.15) is 6.72 Å². The molecule has 0 N–H and O–H groups in total. The van der Waals surface area contributed by atoms with Crippen molar-refractivity contribution in [2.75, 3.05) is 6.54 Å². The molecule has 0 spiro atoms. The van der Waals surface area contributed by atoms with E-state index in [0.717, 1.165) is 11.2 Å². The summed E-state index contributed by atoms with van der Waals surface area (Å²) in [5.74, 6) is 0. The lowest BCUT2D eigenvalue weighted by molar-refractivity contribution is -0.449. The van der Waals surface area contributed by atoms with Gasteiger partial charge in [-0.2, -0.15) is 0 Å². The van der Waals surface area contributed by atoms with E-state index in [0.29, 0.717) is 6.54 Å². The van der Waals surface area contributed by atoms with E-state index >= 15 is 0 Å². The number of hydrogen-bond donors (Lipinski definition) is 0. The molecule has 0 aromatic carbocycles. The summed E-state index contributed by atoms with van der Waals surface area (Å²) in [6.07, 6.45) is 5.96. The fourth-order valence-corrected chi connectivity index (χ4v) is 0.892. The van der Waals surface area contributed by atoms with Crippen LogP contribution in [0, 0.1) is 5.21 Å². The highest BCUT2D eigenvalue weighted by molar-refractivity contribution is 5.14. The summed E-state index contributed by atoms with van der Waals surface area (Å²) in [5, 5.41) is 10.3. The van der Waals surface area contributed by atoms with Crippen LogP contribution >= 0.6 is 0 Å². The molecule has 0 saturated heterocycles. The van der Waals surface area contributed by atoms with Crippen molar-refractivity contribution in [1.29, 1.82) is 0 Å². The van der Waals surface area contributed by atoms with Crippen LogP contribution in [0.2, 0.25) is 0 Å². The second-order valence-electron chi connectivity index (χ2n) is 2.62. The second kappa shape index (κ2) is 6.59. The highest BCUT2D eigenvalue weighted by Gasteiger charge is 1.90. The van der Waals surface area contributed by atoms with Crippen molar-refractivity contribution < 1.29 is 4.74 Å². The van der Waals surface area contributed by atoms with Crippen LogP contribution < -0.4 is 0 Å². The molecule has 0 aromatic rings. The number of nitrogens with zero attached hydrogens (tertiary/aromatic N) is 1. The molecule has 0 unspecified atom stereocenters. The first-order valence-corrected chi connectivity index (χ1v) is 4.02. The van der Waals surface area contributed by atoms with E-state index in [2.05, 4.69) is 13.6 Å². The van der Waals surface area contributed by atoms with Gasteiger partial charge in [-0.3, -0.25) is 0 Å². The molecule has 0 bridgehead atoms. The SMILES string of the molecule is C=[N+]([O-])CCCCCCC. The molecule has 0 aliphatic carbocycles. The van der Waals surface area contributed by atoms with Crippen LogP contribution in [0.1, 0.15) is 39.0 Å². The zero-order chi connectivity index (χ0) is 7.82. The Balaban J connectivity index is 2.84. The first kappa shape index (κ1) is 9.47. The highest BCUT2D eigenvalue weighted by Crippen LogP contribution is 2.01. The van der Waals surface area contributed by atoms with Gasteiger partial charge in [0, 0.05) is 6.42 Å². The zero-order valence-corrected chi connectivity index (χ0v) is 6.81. The summed E-state index contributed by atoms with van der Waals surface area (Å²) in [4.78, 5) is 0. The minimum Gasteiger partial charge on any atom is -0.624 e. The Hall–Kier alpha value is -0.530. The molecule has 2 heteroatoms. The average molecular weight is 143 g/mol. The van der Waals surface area contributed by atoms with E-state index in [9.17, 15) is 5.21 Å². The number of hydrogen-bond acceptors (Lipinski definition) is 1. The lowest BCUT2D eigenvalue weighted by atomic mass is 10.2. The first-order valence-electron chi connectivity index (χ1n) is 4.02. The van der Waals surface area contributed by atoms with Crippen LogP contribution in [0.3, 0.4) is 0 Å². The van der Waals surface area contributed by atoms with E-state index in [4.69, 9.17) is 0 Å². The minimum atomic E-state index is 0.587. The normalized spacial score (nSPS) is 9.70. The Morgan fingerprint density at radius 3 is 2.30 bits per heavy atom. The maximum atomic E-state index is 10.3. The quantitative estimate of drug-likeness (QED) is 0.184. The van der Waals surface area contributed by atoms with Crippen molar-refractivity contribution in [3.63, 3.8) is 0 Å². The van der Waals surface area contributed by atoms with Gasteiger partial charge in [-0.05, 0) is 6.42 Å². The predicted octanol–water partition coefficient (Wildman–Crippen LogP) is 2.17. The zero-order valence-electron chi connectivity index (χ0n) is 6.81.